The van der Waals surface area contributed by atoms with Gasteiger partial charge in [0.15, 0.2) is 0 Å². The average Bonchev–Trinajstić information content (AvgIpc) is 2.38. The number of rotatable bonds is 4. The highest BCUT2D eigenvalue weighted by Gasteiger charge is 2.01. The Morgan fingerprint density at radius 2 is 2.00 bits per heavy atom. The van der Waals surface area contributed by atoms with Crippen molar-refractivity contribution in [3.8, 4) is 0 Å². The summed E-state index contributed by atoms with van der Waals surface area (Å²) >= 11 is 7.95. The Morgan fingerprint density at radius 1 is 1.17 bits per heavy atom. The van der Waals surface area contributed by atoms with Gasteiger partial charge in [-0.2, -0.15) is 0 Å². The molecule has 0 fully saturated rings. The van der Waals surface area contributed by atoms with Gasteiger partial charge in [-0.1, -0.05) is 29.8 Å². The van der Waals surface area contributed by atoms with Gasteiger partial charge in [-0.05, 0) is 48.6 Å². The first-order chi connectivity index (χ1) is 8.69. The molecule has 0 spiro atoms. The summed E-state index contributed by atoms with van der Waals surface area (Å²) < 4.78 is 0. The molecule has 94 valence electrons. The minimum absolute atomic E-state index is 0.747. The molecule has 3 heteroatoms. The molecule has 18 heavy (non-hydrogen) atoms. The van der Waals surface area contributed by atoms with Gasteiger partial charge < -0.3 is 5.32 Å². The zero-order valence-corrected chi connectivity index (χ0v) is 12.1. The van der Waals surface area contributed by atoms with Gasteiger partial charge in [0.05, 0.1) is 0 Å². The maximum Gasteiger partial charge on any atom is 0.0458 e. The second-order valence-electron chi connectivity index (χ2n) is 4.18. The molecule has 0 saturated heterocycles. The largest absolute Gasteiger partial charge is 0.381 e. The highest BCUT2D eigenvalue weighted by Crippen LogP contribution is 2.21. The van der Waals surface area contributed by atoms with Crippen molar-refractivity contribution in [2.24, 2.45) is 0 Å². The summed E-state index contributed by atoms with van der Waals surface area (Å²) in [7, 11) is 0. The number of anilines is 1. The van der Waals surface area contributed by atoms with Crippen LogP contribution in [-0.4, -0.2) is 6.26 Å². The molecule has 0 unspecified atom stereocenters. The molecule has 0 aliphatic heterocycles. The van der Waals surface area contributed by atoms with Crippen LogP contribution in [0.5, 0.6) is 0 Å². The Balaban J connectivity index is 2.06. The standard InChI is InChI=1S/C15H16ClNS/c1-11-6-7-12(15(16)8-11)10-17-13-4-3-5-14(9-13)18-2/h3-9,17H,10H2,1-2H3. The summed E-state index contributed by atoms with van der Waals surface area (Å²) in [6, 6.07) is 14.5. The number of nitrogens with one attached hydrogen (secondary N) is 1. The van der Waals surface area contributed by atoms with Gasteiger partial charge in [-0.15, -0.1) is 11.8 Å². The highest BCUT2D eigenvalue weighted by molar-refractivity contribution is 7.98. The Hall–Kier alpha value is -1.12. The van der Waals surface area contributed by atoms with E-state index in [2.05, 4.69) is 48.0 Å². The highest BCUT2D eigenvalue weighted by atomic mass is 35.5. The van der Waals surface area contributed by atoms with E-state index in [0.717, 1.165) is 22.8 Å². The number of aryl methyl sites for hydroxylation is 1. The lowest BCUT2D eigenvalue weighted by atomic mass is 10.1. The summed E-state index contributed by atoms with van der Waals surface area (Å²) in [6.07, 6.45) is 2.08. The van der Waals surface area contributed by atoms with Crippen molar-refractivity contribution in [1.29, 1.82) is 0 Å². The van der Waals surface area contributed by atoms with E-state index in [9.17, 15) is 0 Å². The van der Waals surface area contributed by atoms with E-state index in [1.54, 1.807) is 11.8 Å². The minimum Gasteiger partial charge on any atom is -0.381 e. The normalized spacial score (nSPS) is 10.4. The first kappa shape index (κ1) is 13.3. The van der Waals surface area contributed by atoms with E-state index >= 15 is 0 Å². The molecule has 0 bridgehead atoms. The van der Waals surface area contributed by atoms with E-state index in [0.29, 0.717) is 0 Å². The number of halogens is 1. The lowest BCUT2D eigenvalue weighted by molar-refractivity contribution is 1.14. The predicted molar refractivity (Wildman–Crippen MR) is 81.7 cm³/mol. The molecular formula is C15H16ClNS. The van der Waals surface area contributed by atoms with Gasteiger partial charge in [0.1, 0.15) is 0 Å². The topological polar surface area (TPSA) is 12.0 Å². The van der Waals surface area contributed by atoms with Crippen LogP contribution < -0.4 is 5.32 Å². The maximum absolute atomic E-state index is 6.21. The Morgan fingerprint density at radius 3 is 2.72 bits per heavy atom. The predicted octanol–water partition coefficient (Wildman–Crippen LogP) is 4.98. The van der Waals surface area contributed by atoms with Crippen molar-refractivity contribution in [2.45, 2.75) is 18.4 Å². The van der Waals surface area contributed by atoms with Crippen LogP contribution in [0.2, 0.25) is 5.02 Å². The molecule has 1 N–H and O–H groups in total. The van der Waals surface area contributed by atoms with Crippen molar-refractivity contribution < 1.29 is 0 Å². The van der Waals surface area contributed by atoms with E-state index in [4.69, 9.17) is 11.6 Å². The monoisotopic (exact) mass is 277 g/mol. The summed E-state index contributed by atoms with van der Waals surface area (Å²) in [5, 5.41) is 4.22. The number of hydrogen-bond acceptors (Lipinski definition) is 2. The maximum atomic E-state index is 6.21. The van der Waals surface area contributed by atoms with E-state index in [-0.39, 0.29) is 0 Å². The minimum atomic E-state index is 0.747. The molecule has 0 aliphatic rings. The van der Waals surface area contributed by atoms with E-state index < -0.39 is 0 Å². The third kappa shape index (κ3) is 3.44. The zero-order chi connectivity index (χ0) is 13.0. The Bertz CT molecular complexity index is 540. The fourth-order valence-electron chi connectivity index (χ4n) is 1.73. The quantitative estimate of drug-likeness (QED) is 0.791. The van der Waals surface area contributed by atoms with Gasteiger partial charge in [-0.25, -0.2) is 0 Å². The molecule has 1 nitrogen and oxygen atoms in total. The summed E-state index contributed by atoms with van der Waals surface area (Å²) in [5.74, 6) is 0. The fourth-order valence-corrected chi connectivity index (χ4v) is 2.49. The molecule has 0 amide bonds. The van der Waals surface area contributed by atoms with Gasteiger partial charge in [-0.3, -0.25) is 0 Å². The Kier molecular flexibility index (Phi) is 4.56. The summed E-state index contributed by atoms with van der Waals surface area (Å²) in [5.41, 5.74) is 3.43. The number of benzene rings is 2. The molecule has 0 heterocycles. The number of thioether (sulfide) groups is 1. The third-order valence-corrected chi connectivity index (χ3v) is 3.84. The molecule has 0 radical (unpaired) electrons. The summed E-state index contributed by atoms with van der Waals surface area (Å²) in [6.45, 7) is 2.79. The molecule has 0 atom stereocenters. The number of hydrogen-bond donors (Lipinski definition) is 1. The lowest BCUT2D eigenvalue weighted by Gasteiger charge is -2.09. The first-order valence-corrected chi connectivity index (χ1v) is 7.42. The molecule has 2 aromatic carbocycles. The lowest BCUT2D eigenvalue weighted by Crippen LogP contribution is -2.00. The van der Waals surface area contributed by atoms with Crippen molar-refractivity contribution in [3.63, 3.8) is 0 Å². The molecule has 2 aromatic rings. The van der Waals surface area contributed by atoms with Gasteiger partial charge in [0.25, 0.3) is 0 Å². The van der Waals surface area contributed by atoms with Crippen molar-refractivity contribution in [3.05, 3.63) is 58.6 Å². The van der Waals surface area contributed by atoms with Crippen molar-refractivity contribution in [2.75, 3.05) is 11.6 Å². The van der Waals surface area contributed by atoms with Gasteiger partial charge in [0.2, 0.25) is 0 Å². The van der Waals surface area contributed by atoms with Crippen LogP contribution in [0.25, 0.3) is 0 Å². The first-order valence-electron chi connectivity index (χ1n) is 5.82. The van der Waals surface area contributed by atoms with Crippen molar-refractivity contribution >= 4 is 29.1 Å². The van der Waals surface area contributed by atoms with Crippen LogP contribution in [0.1, 0.15) is 11.1 Å². The van der Waals surface area contributed by atoms with Crippen LogP contribution in [0, 0.1) is 6.92 Å². The molecule has 0 saturated carbocycles. The molecular weight excluding hydrogens is 262 g/mol. The van der Waals surface area contributed by atoms with Crippen LogP contribution >= 0.6 is 23.4 Å². The second kappa shape index (κ2) is 6.17. The fraction of sp³-hybridized carbons (Fsp3) is 0.200. The SMILES string of the molecule is CSc1cccc(NCc2ccc(C)cc2Cl)c1. The van der Waals surface area contributed by atoms with Crippen LogP contribution in [-0.2, 0) is 6.54 Å². The molecule has 0 aromatic heterocycles. The average molecular weight is 278 g/mol. The van der Waals surface area contributed by atoms with Gasteiger partial charge >= 0.3 is 0 Å². The molecule has 0 aliphatic carbocycles. The van der Waals surface area contributed by atoms with Crippen LogP contribution in [0.15, 0.2) is 47.4 Å². The van der Waals surface area contributed by atoms with E-state index in [1.807, 2.05) is 13.0 Å². The van der Waals surface area contributed by atoms with Crippen LogP contribution in [0.4, 0.5) is 5.69 Å². The van der Waals surface area contributed by atoms with Crippen LogP contribution in [0.3, 0.4) is 0 Å². The smallest absolute Gasteiger partial charge is 0.0458 e. The van der Waals surface area contributed by atoms with Gasteiger partial charge in [0, 0.05) is 22.2 Å². The van der Waals surface area contributed by atoms with E-state index in [1.165, 1.54) is 10.5 Å². The second-order valence-corrected chi connectivity index (χ2v) is 5.47. The van der Waals surface area contributed by atoms with Crippen molar-refractivity contribution in [1.82, 2.24) is 0 Å². The zero-order valence-electron chi connectivity index (χ0n) is 10.5. The Labute approximate surface area is 118 Å². The third-order valence-electron chi connectivity index (χ3n) is 2.76. The molecule has 2 rings (SSSR count). The summed E-state index contributed by atoms with van der Waals surface area (Å²) in [4.78, 5) is 1.26.